The summed E-state index contributed by atoms with van der Waals surface area (Å²) < 4.78 is 43.1. The number of carbonyl (C=O) groups is 1. The van der Waals surface area contributed by atoms with Crippen LogP contribution in [0.25, 0.3) is 6.08 Å². The van der Waals surface area contributed by atoms with E-state index >= 15 is 0 Å². The Hall–Kier alpha value is -2.07. The van der Waals surface area contributed by atoms with E-state index < -0.39 is 21.8 Å². The molecule has 166 valence electrons. The van der Waals surface area contributed by atoms with Gasteiger partial charge in [0.1, 0.15) is 5.82 Å². The molecule has 1 aromatic carbocycles. The van der Waals surface area contributed by atoms with Gasteiger partial charge in [-0.3, -0.25) is 4.79 Å². The summed E-state index contributed by atoms with van der Waals surface area (Å²) in [6.07, 6.45) is 2.89. The van der Waals surface area contributed by atoms with Crippen molar-refractivity contribution in [2.75, 3.05) is 25.5 Å². The predicted molar refractivity (Wildman–Crippen MR) is 125 cm³/mol. The lowest BCUT2D eigenvalue weighted by atomic mass is 10.1. The Morgan fingerprint density at radius 3 is 2.68 bits per heavy atom. The highest BCUT2D eigenvalue weighted by atomic mass is 35.5. The molecule has 0 spiro atoms. The second-order valence-electron chi connectivity index (χ2n) is 7.45. The van der Waals surface area contributed by atoms with Crippen molar-refractivity contribution in [3.8, 4) is 0 Å². The fraction of sp³-hybridized carbons (Fsp3) is 0.333. The monoisotopic (exact) mass is 483 g/mol. The van der Waals surface area contributed by atoms with Crippen LogP contribution in [0.15, 0.2) is 40.1 Å². The van der Waals surface area contributed by atoms with Gasteiger partial charge in [0.05, 0.1) is 21.3 Å². The Balaban J connectivity index is 1.70. The Kier molecular flexibility index (Phi) is 7.31. The van der Waals surface area contributed by atoms with E-state index in [1.165, 1.54) is 28.4 Å². The highest BCUT2D eigenvalue weighted by molar-refractivity contribution is 7.93. The van der Waals surface area contributed by atoms with Crippen LogP contribution < -0.4 is 4.90 Å². The molecule has 31 heavy (non-hydrogen) atoms. The molecule has 0 N–H and O–H groups in total. The van der Waals surface area contributed by atoms with Crippen molar-refractivity contribution in [2.24, 2.45) is 10.3 Å². The molecule has 1 fully saturated rings. The lowest BCUT2D eigenvalue weighted by Crippen LogP contribution is -2.28. The molecule has 2 atom stereocenters. The Bertz CT molecular complexity index is 1130. The van der Waals surface area contributed by atoms with E-state index in [1.54, 1.807) is 24.3 Å². The largest absolute Gasteiger partial charge is 0.309 e. The van der Waals surface area contributed by atoms with Gasteiger partial charge in [-0.1, -0.05) is 17.7 Å². The van der Waals surface area contributed by atoms with E-state index in [4.69, 9.17) is 11.6 Å². The van der Waals surface area contributed by atoms with Gasteiger partial charge >= 0.3 is 0 Å². The zero-order valence-electron chi connectivity index (χ0n) is 17.3. The first-order valence-electron chi connectivity index (χ1n) is 9.58. The Morgan fingerprint density at radius 1 is 1.32 bits per heavy atom. The number of benzene rings is 1. The minimum Gasteiger partial charge on any atom is -0.309 e. The number of amides is 1. The van der Waals surface area contributed by atoms with Gasteiger partial charge in [0.25, 0.3) is 10.0 Å². The first-order chi connectivity index (χ1) is 14.6. The molecule has 1 aromatic heterocycles. The van der Waals surface area contributed by atoms with Crippen LogP contribution in [0.1, 0.15) is 29.8 Å². The number of thiophene rings is 1. The molecule has 6 nitrogen and oxygen atoms in total. The molecule has 1 saturated heterocycles. The first-order valence-corrected chi connectivity index (χ1v) is 12.3. The zero-order valence-corrected chi connectivity index (χ0v) is 19.7. The van der Waals surface area contributed by atoms with E-state index in [0.717, 1.165) is 17.2 Å². The summed E-state index contributed by atoms with van der Waals surface area (Å²) >= 11 is 7.06. The molecule has 0 bridgehead atoms. The molecule has 2 aromatic rings. The highest BCUT2D eigenvalue weighted by Crippen LogP contribution is 2.30. The first kappa shape index (κ1) is 23.6. The fourth-order valence-electron chi connectivity index (χ4n) is 3.14. The van der Waals surface area contributed by atoms with Gasteiger partial charge in [0.15, 0.2) is 0 Å². The summed E-state index contributed by atoms with van der Waals surface area (Å²) in [4.78, 5) is 16.7. The SMILES string of the molecule is C[C@@H](c1ccc(N2CCC(C=NS(=O)(=O)/C=C/c3ccc(Cl)s3)C2=O)c(F)c1)N(C)C. The van der Waals surface area contributed by atoms with E-state index in [1.807, 2.05) is 25.9 Å². The molecule has 1 aliphatic heterocycles. The average Bonchev–Trinajstić information content (AvgIpc) is 3.29. The van der Waals surface area contributed by atoms with Crippen molar-refractivity contribution in [2.45, 2.75) is 19.4 Å². The van der Waals surface area contributed by atoms with Gasteiger partial charge in [0, 0.05) is 23.7 Å². The fourth-order valence-corrected chi connectivity index (χ4v) is 4.90. The van der Waals surface area contributed by atoms with Gasteiger partial charge in [-0.2, -0.15) is 12.8 Å². The standard InChI is InChI=1S/C21H23ClFN3O3S2/c1-14(25(2)3)15-4-6-19(18(23)12-15)26-10-8-16(21(26)27)13-24-31(28,29)11-9-17-5-7-20(22)30-17/h4-7,9,11-14,16H,8,10H2,1-3H3/b11-9+,24-13?/t14-,16?/m0/s1. The Morgan fingerprint density at radius 2 is 2.06 bits per heavy atom. The Labute approximate surface area is 190 Å². The lowest BCUT2D eigenvalue weighted by Gasteiger charge is -2.22. The number of halogens is 2. The van der Waals surface area contributed by atoms with Crippen LogP contribution in [0.3, 0.4) is 0 Å². The van der Waals surface area contributed by atoms with Crippen LogP contribution >= 0.6 is 22.9 Å². The molecular weight excluding hydrogens is 461 g/mol. The quantitative estimate of drug-likeness (QED) is 0.540. The lowest BCUT2D eigenvalue weighted by molar-refractivity contribution is -0.118. The molecule has 1 unspecified atom stereocenters. The molecular formula is C21H23ClFN3O3S2. The van der Waals surface area contributed by atoms with Crippen molar-refractivity contribution in [1.82, 2.24) is 4.90 Å². The van der Waals surface area contributed by atoms with E-state index in [-0.39, 0.29) is 17.6 Å². The summed E-state index contributed by atoms with van der Waals surface area (Å²) in [6.45, 7) is 2.25. The third-order valence-electron chi connectivity index (χ3n) is 5.15. The molecule has 2 heterocycles. The summed E-state index contributed by atoms with van der Waals surface area (Å²) in [5.41, 5.74) is 0.994. The van der Waals surface area contributed by atoms with Crippen molar-refractivity contribution in [3.05, 3.63) is 56.3 Å². The number of rotatable bonds is 7. The normalized spacial score (nSPS) is 18.7. The van der Waals surface area contributed by atoms with Crippen LogP contribution in [0.4, 0.5) is 10.1 Å². The van der Waals surface area contributed by atoms with Gasteiger partial charge in [-0.15, -0.1) is 11.3 Å². The number of sulfonamides is 1. The van der Waals surface area contributed by atoms with Crippen molar-refractivity contribution in [3.63, 3.8) is 0 Å². The third-order valence-corrected chi connectivity index (χ3v) is 7.24. The maximum atomic E-state index is 14.7. The second kappa shape index (κ2) is 9.60. The van der Waals surface area contributed by atoms with Crippen LogP contribution in [0.2, 0.25) is 4.34 Å². The number of nitrogens with zero attached hydrogens (tertiary/aromatic N) is 3. The minimum absolute atomic E-state index is 0.0289. The van der Waals surface area contributed by atoms with Gasteiger partial charge in [-0.05, 0) is 63.3 Å². The van der Waals surface area contributed by atoms with E-state index in [0.29, 0.717) is 22.2 Å². The highest BCUT2D eigenvalue weighted by Gasteiger charge is 2.33. The van der Waals surface area contributed by atoms with Gasteiger partial charge in [0.2, 0.25) is 5.91 Å². The predicted octanol–water partition coefficient (Wildman–Crippen LogP) is 4.59. The van der Waals surface area contributed by atoms with E-state index in [2.05, 4.69) is 4.40 Å². The number of carbonyl (C=O) groups excluding carboxylic acids is 1. The average molecular weight is 484 g/mol. The van der Waals surface area contributed by atoms with Crippen LogP contribution in [-0.4, -0.2) is 46.1 Å². The third kappa shape index (κ3) is 5.79. The molecule has 0 radical (unpaired) electrons. The summed E-state index contributed by atoms with van der Waals surface area (Å²) in [6, 6.07) is 8.21. The molecule has 3 rings (SSSR count). The number of anilines is 1. The minimum atomic E-state index is -3.89. The summed E-state index contributed by atoms with van der Waals surface area (Å²) in [5, 5.41) is 0.965. The molecule has 0 aliphatic carbocycles. The van der Waals surface area contributed by atoms with E-state index in [9.17, 15) is 17.6 Å². The summed E-state index contributed by atoms with van der Waals surface area (Å²) in [5.74, 6) is -1.58. The summed E-state index contributed by atoms with van der Waals surface area (Å²) in [7, 11) is -0.0801. The molecule has 10 heteroatoms. The number of hydrogen-bond donors (Lipinski definition) is 0. The molecule has 1 aliphatic rings. The van der Waals surface area contributed by atoms with Gasteiger partial charge < -0.3 is 9.80 Å². The maximum absolute atomic E-state index is 14.7. The number of hydrogen-bond acceptors (Lipinski definition) is 5. The van der Waals surface area contributed by atoms with Crippen molar-refractivity contribution >= 4 is 56.8 Å². The topological polar surface area (TPSA) is 70.0 Å². The van der Waals surface area contributed by atoms with Crippen LogP contribution in [0.5, 0.6) is 0 Å². The van der Waals surface area contributed by atoms with Gasteiger partial charge in [-0.25, -0.2) is 4.39 Å². The molecule has 0 saturated carbocycles. The van der Waals surface area contributed by atoms with Crippen LogP contribution in [0, 0.1) is 11.7 Å². The molecule has 1 amide bonds. The van der Waals surface area contributed by atoms with Crippen molar-refractivity contribution < 1.29 is 17.6 Å². The smallest absolute Gasteiger partial charge is 0.275 e. The second-order valence-corrected chi connectivity index (χ2v) is 10.7. The van der Waals surface area contributed by atoms with Crippen LogP contribution in [-0.2, 0) is 14.8 Å². The van der Waals surface area contributed by atoms with Crippen molar-refractivity contribution in [1.29, 1.82) is 0 Å². The zero-order chi connectivity index (χ0) is 22.8. The maximum Gasteiger partial charge on any atom is 0.275 e.